The first-order valence-electron chi connectivity index (χ1n) is 15.8. The summed E-state index contributed by atoms with van der Waals surface area (Å²) in [7, 11) is -0.339. The number of nitrogens with one attached hydrogen (secondary N) is 5. The van der Waals surface area contributed by atoms with Crippen LogP contribution in [0.3, 0.4) is 0 Å². The van der Waals surface area contributed by atoms with E-state index in [9.17, 15) is 19.2 Å². The van der Waals surface area contributed by atoms with Gasteiger partial charge >= 0.3 is 14.3 Å². The summed E-state index contributed by atoms with van der Waals surface area (Å²) in [5, 5.41) is 18.8. The van der Waals surface area contributed by atoms with Crippen molar-refractivity contribution in [3.05, 3.63) is 40.8 Å². The lowest BCUT2D eigenvalue weighted by molar-refractivity contribution is -0.124. The van der Waals surface area contributed by atoms with Gasteiger partial charge in [0.25, 0.3) is 0 Å². The molecule has 260 valence electrons. The number of carbonyl (C=O) groups is 4. The predicted molar refractivity (Wildman–Crippen MR) is 185 cm³/mol. The molecule has 5 amide bonds. The molecule has 0 radical (unpaired) electrons. The Morgan fingerprint density at radius 1 is 1.04 bits per heavy atom. The average molecular weight is 711 g/mol. The van der Waals surface area contributed by atoms with Crippen LogP contribution in [0.4, 0.5) is 4.79 Å². The maximum Gasteiger partial charge on any atom is 0.392 e. The SMILES string of the molecule is CC(C)(CNC(=O)CCOCCNC(=O)CCCC[C@@H]1SC[C@@H]2NC(=O)N[C@@H]21)O[Si](P)(OCCNC(=O)CN=[N+]=[N-])c1ccccc1. The second kappa shape index (κ2) is 19.8. The van der Waals surface area contributed by atoms with Gasteiger partial charge in [-0.1, -0.05) is 50.7 Å². The third-order valence-electron chi connectivity index (χ3n) is 7.46. The lowest BCUT2D eigenvalue weighted by Gasteiger charge is -2.36. The highest BCUT2D eigenvalue weighted by Crippen LogP contribution is 2.33. The van der Waals surface area contributed by atoms with Crippen molar-refractivity contribution < 1.29 is 32.8 Å². The van der Waals surface area contributed by atoms with Crippen molar-refractivity contribution in [1.29, 1.82) is 0 Å². The lowest BCUT2D eigenvalue weighted by atomic mass is 10.0. The Morgan fingerprint density at radius 2 is 1.77 bits per heavy atom. The average Bonchev–Trinajstić information content (AvgIpc) is 3.60. The highest BCUT2D eigenvalue weighted by atomic mass is 32.2. The Morgan fingerprint density at radius 3 is 2.53 bits per heavy atom. The number of hydrogen-bond acceptors (Lipinski definition) is 9. The van der Waals surface area contributed by atoms with Gasteiger partial charge in [-0.3, -0.25) is 14.4 Å². The minimum absolute atomic E-state index is 0.0235. The standard InChI is InChI=1S/C29H47N8O7PSSi/c1-29(2,44-47(45,21-8-4-3-5-9-21)43-17-14-32-26(40)18-34-37-30)20-33-25(39)12-15-42-16-13-31-24(38)11-7-6-10-23-27-22(19-46-23)35-28(41)36-27/h3-5,8-9,22-23,27H,6-7,10-20,45H2,1-2H3,(H,31,38)(H,32,40)(H,33,39)(H2,35,36,41)/t22-,23-,27-,47?/m0/s1. The minimum Gasteiger partial charge on any atom is -0.386 e. The van der Waals surface area contributed by atoms with E-state index < -0.39 is 19.7 Å². The zero-order valence-electron chi connectivity index (χ0n) is 27.0. The molecule has 2 aliphatic rings. The molecule has 47 heavy (non-hydrogen) atoms. The number of nitrogens with zero attached hydrogens (tertiary/aromatic N) is 3. The fraction of sp³-hybridized carbons (Fsp3) is 0.655. The molecule has 1 aromatic rings. The first-order chi connectivity index (χ1) is 22.5. The van der Waals surface area contributed by atoms with Crippen LogP contribution in [0.15, 0.2) is 35.4 Å². The molecule has 2 unspecified atom stereocenters. The van der Waals surface area contributed by atoms with E-state index in [1.165, 1.54) is 0 Å². The fourth-order valence-electron chi connectivity index (χ4n) is 5.13. The van der Waals surface area contributed by atoms with Gasteiger partial charge in [0.2, 0.25) is 17.7 Å². The number of hydrogen-bond donors (Lipinski definition) is 5. The van der Waals surface area contributed by atoms with Gasteiger partial charge in [0.05, 0.1) is 37.5 Å². The van der Waals surface area contributed by atoms with E-state index in [2.05, 4.69) is 45.4 Å². The normalized spacial score (nSPS) is 19.8. The molecule has 2 fully saturated rings. The summed E-state index contributed by atoms with van der Waals surface area (Å²) in [6.45, 7) is 4.96. The fourth-order valence-corrected chi connectivity index (χ4v) is 10.9. The van der Waals surface area contributed by atoms with Gasteiger partial charge in [-0.25, -0.2) is 4.79 Å². The van der Waals surface area contributed by atoms with Crippen LogP contribution in [-0.4, -0.2) is 107 Å². The number of rotatable bonds is 22. The molecule has 0 spiro atoms. The number of urea groups is 1. The van der Waals surface area contributed by atoms with E-state index in [1.54, 1.807) is 0 Å². The first-order valence-corrected chi connectivity index (χ1v) is 20.4. The van der Waals surface area contributed by atoms with Crippen LogP contribution < -0.4 is 31.8 Å². The number of fused-ring (bicyclic) bond motifs is 1. The molecule has 1 aromatic carbocycles. The number of ether oxygens (including phenoxy) is 1. The van der Waals surface area contributed by atoms with Crippen LogP contribution in [0.5, 0.6) is 0 Å². The molecule has 15 nitrogen and oxygen atoms in total. The van der Waals surface area contributed by atoms with Crippen LogP contribution in [-0.2, 0) is 28.0 Å². The smallest absolute Gasteiger partial charge is 0.386 e. The first kappa shape index (κ1) is 38.5. The van der Waals surface area contributed by atoms with Crippen molar-refractivity contribution in [2.45, 2.75) is 68.9 Å². The van der Waals surface area contributed by atoms with Gasteiger partial charge in [-0.2, -0.15) is 11.8 Å². The van der Waals surface area contributed by atoms with Crippen molar-refractivity contribution in [3.8, 4) is 0 Å². The van der Waals surface area contributed by atoms with Gasteiger partial charge in [0, 0.05) is 48.4 Å². The molecule has 2 saturated heterocycles. The van der Waals surface area contributed by atoms with Crippen molar-refractivity contribution in [2.24, 2.45) is 5.11 Å². The molecule has 0 aromatic heterocycles. The Balaban J connectivity index is 1.26. The molecular weight excluding hydrogens is 663 g/mol. The molecule has 18 heteroatoms. The van der Waals surface area contributed by atoms with E-state index in [0.717, 1.165) is 30.2 Å². The van der Waals surface area contributed by atoms with Gasteiger partial charge in [-0.15, -0.1) is 0 Å². The van der Waals surface area contributed by atoms with Gasteiger partial charge < -0.3 is 40.2 Å². The summed E-state index contributed by atoms with van der Waals surface area (Å²) in [6.07, 6.45) is 3.30. The Hall–Kier alpha value is -2.91. The lowest BCUT2D eigenvalue weighted by Crippen LogP contribution is -2.56. The van der Waals surface area contributed by atoms with Crippen LogP contribution in [0.2, 0.25) is 0 Å². The zero-order chi connectivity index (χ0) is 34.1. The summed E-state index contributed by atoms with van der Waals surface area (Å²) in [5.74, 6) is 0.315. The largest absolute Gasteiger partial charge is 0.392 e. The van der Waals surface area contributed by atoms with Crippen molar-refractivity contribution in [3.63, 3.8) is 0 Å². The number of thioether (sulfide) groups is 1. The third kappa shape index (κ3) is 14.0. The minimum atomic E-state index is -3.05. The van der Waals surface area contributed by atoms with Gasteiger partial charge in [0.15, 0.2) is 0 Å². The summed E-state index contributed by atoms with van der Waals surface area (Å²) in [4.78, 5) is 50.4. The van der Waals surface area contributed by atoms with E-state index in [1.807, 2.05) is 55.9 Å². The zero-order valence-corrected chi connectivity index (χ0v) is 30.0. The summed E-state index contributed by atoms with van der Waals surface area (Å²) in [6, 6.07) is 9.81. The number of benzene rings is 1. The van der Waals surface area contributed by atoms with E-state index >= 15 is 0 Å². The molecule has 2 aliphatic heterocycles. The Labute approximate surface area is 283 Å². The summed E-state index contributed by atoms with van der Waals surface area (Å²) in [5.41, 5.74) is 7.57. The van der Waals surface area contributed by atoms with Crippen molar-refractivity contribution >= 4 is 57.7 Å². The predicted octanol–water partition coefficient (Wildman–Crippen LogP) is 1.31. The molecule has 0 bridgehead atoms. The molecule has 5 atom stereocenters. The molecular formula is C29H47N8O7PSSi. The third-order valence-corrected chi connectivity index (χ3v) is 13.4. The number of azide groups is 1. The quantitative estimate of drug-likeness (QED) is 0.0225. The Kier molecular flexibility index (Phi) is 16.2. The molecule has 3 rings (SSSR count). The topological polar surface area (TPSA) is 205 Å². The molecule has 2 heterocycles. The van der Waals surface area contributed by atoms with Crippen LogP contribution in [0.25, 0.3) is 10.4 Å². The van der Waals surface area contributed by atoms with Gasteiger partial charge in [-0.05, 0) is 37.4 Å². The number of unbranched alkanes of at least 4 members (excludes halogenated alkanes) is 1. The van der Waals surface area contributed by atoms with E-state index in [-0.39, 0.29) is 69.2 Å². The summed E-state index contributed by atoms with van der Waals surface area (Å²) >= 11 is 1.88. The van der Waals surface area contributed by atoms with Crippen LogP contribution in [0.1, 0.15) is 46.0 Å². The second-order valence-electron chi connectivity index (χ2n) is 11.8. The molecule has 0 saturated carbocycles. The van der Waals surface area contributed by atoms with Crippen LogP contribution >= 0.6 is 20.5 Å². The number of carbonyl (C=O) groups excluding carboxylic acids is 4. The molecule has 5 N–H and O–H groups in total. The van der Waals surface area contributed by atoms with Crippen LogP contribution in [0, 0.1) is 0 Å². The monoisotopic (exact) mass is 710 g/mol. The molecule has 0 aliphatic carbocycles. The summed E-state index contributed by atoms with van der Waals surface area (Å²) < 4.78 is 18.2. The maximum atomic E-state index is 12.5. The van der Waals surface area contributed by atoms with Crippen molar-refractivity contribution in [1.82, 2.24) is 26.6 Å². The highest BCUT2D eigenvalue weighted by Gasteiger charge is 2.43. The second-order valence-corrected chi connectivity index (χ2v) is 17.8. The van der Waals surface area contributed by atoms with E-state index in [4.69, 9.17) is 19.1 Å². The number of amides is 5. The van der Waals surface area contributed by atoms with E-state index in [0.29, 0.717) is 24.8 Å². The van der Waals surface area contributed by atoms with Crippen molar-refractivity contribution in [2.75, 3.05) is 51.8 Å². The highest BCUT2D eigenvalue weighted by molar-refractivity contribution is 8.00. The van der Waals surface area contributed by atoms with Gasteiger partial charge in [0.1, 0.15) is 6.54 Å². The maximum absolute atomic E-state index is 12.5. The Bertz CT molecular complexity index is 1250.